The van der Waals surface area contributed by atoms with Gasteiger partial charge in [0.2, 0.25) is 0 Å². The van der Waals surface area contributed by atoms with Crippen LogP contribution in [-0.4, -0.2) is 4.98 Å². The SMILES string of the molecule is C=C1/C=c2\[nH]/c(c(C)c2C(C)C)=C\C(=C)C(C)C(CCCC)/C(C)=C(/C(=C)C)C(=C)/C(C)=C\C/C(C)=C(C)/C=C(C)/C(CC)=C\1C. The monoisotopic (exact) mass is 620 g/mol. The van der Waals surface area contributed by atoms with E-state index in [1.165, 1.54) is 62.1 Å². The smallest absolute Gasteiger partial charge is 0.0428 e. The summed E-state index contributed by atoms with van der Waals surface area (Å²) in [5.74, 6) is 0.986. The predicted octanol–water partition coefficient (Wildman–Crippen LogP) is 12.4. The maximum Gasteiger partial charge on any atom is 0.0428 e. The molecule has 0 radical (unpaired) electrons. The van der Waals surface area contributed by atoms with E-state index in [1.807, 2.05) is 0 Å². The molecule has 1 aromatic rings. The van der Waals surface area contributed by atoms with Gasteiger partial charge in [0.05, 0.1) is 0 Å². The molecule has 1 aliphatic heterocycles. The zero-order chi connectivity index (χ0) is 35.0. The van der Waals surface area contributed by atoms with Crippen molar-refractivity contribution in [2.45, 2.75) is 128 Å². The van der Waals surface area contributed by atoms with Gasteiger partial charge in [0.15, 0.2) is 0 Å². The van der Waals surface area contributed by atoms with Gasteiger partial charge in [0.25, 0.3) is 0 Å². The molecule has 0 fully saturated rings. The number of fused-ring (bicyclic) bond motifs is 2. The normalized spacial score (nSPS) is 28.4. The molecule has 0 aromatic carbocycles. The van der Waals surface area contributed by atoms with Crippen LogP contribution in [0, 0.1) is 18.8 Å². The highest BCUT2D eigenvalue weighted by Crippen LogP contribution is 2.38. The van der Waals surface area contributed by atoms with Crippen molar-refractivity contribution in [2.24, 2.45) is 11.8 Å². The fourth-order valence-corrected chi connectivity index (χ4v) is 7.15. The Bertz CT molecular complexity index is 1640. The van der Waals surface area contributed by atoms with Crippen LogP contribution in [0.3, 0.4) is 0 Å². The van der Waals surface area contributed by atoms with Gasteiger partial charge in [0.1, 0.15) is 0 Å². The molecule has 46 heavy (non-hydrogen) atoms. The van der Waals surface area contributed by atoms with E-state index in [0.717, 1.165) is 58.7 Å². The number of aromatic nitrogens is 1. The number of rotatable bonds is 6. The van der Waals surface area contributed by atoms with Crippen molar-refractivity contribution in [3.8, 4) is 0 Å². The summed E-state index contributed by atoms with van der Waals surface area (Å²) in [6.45, 7) is 47.6. The Kier molecular flexibility index (Phi) is 14.4. The van der Waals surface area contributed by atoms with Gasteiger partial charge in [-0.25, -0.2) is 0 Å². The van der Waals surface area contributed by atoms with E-state index in [9.17, 15) is 0 Å². The second-order valence-electron chi connectivity index (χ2n) is 14.2. The van der Waals surface area contributed by atoms with E-state index in [2.05, 4.69) is 146 Å². The molecule has 1 nitrogen and oxygen atoms in total. The summed E-state index contributed by atoms with van der Waals surface area (Å²) in [6, 6.07) is 0. The summed E-state index contributed by atoms with van der Waals surface area (Å²) in [5, 5.41) is 2.30. The maximum atomic E-state index is 4.68. The molecule has 2 atom stereocenters. The van der Waals surface area contributed by atoms with Crippen LogP contribution in [0.5, 0.6) is 0 Å². The second kappa shape index (κ2) is 17.0. The molecular weight excluding hydrogens is 555 g/mol. The number of H-pyrrole nitrogens is 1. The molecule has 1 N–H and O–H groups in total. The average Bonchev–Trinajstić information content (AvgIpc) is 3.28. The van der Waals surface area contributed by atoms with Crippen molar-refractivity contribution >= 4 is 12.2 Å². The first-order valence-electron chi connectivity index (χ1n) is 17.6. The lowest BCUT2D eigenvalue weighted by atomic mass is 9.76. The topological polar surface area (TPSA) is 15.8 Å². The van der Waals surface area contributed by atoms with Crippen LogP contribution in [0.25, 0.3) is 12.2 Å². The zero-order valence-electron chi connectivity index (χ0n) is 31.9. The number of hydrogen-bond acceptors (Lipinski definition) is 0. The molecule has 0 aliphatic carbocycles. The van der Waals surface area contributed by atoms with Gasteiger partial charge in [0, 0.05) is 10.7 Å². The van der Waals surface area contributed by atoms with Crippen LogP contribution >= 0.6 is 0 Å². The maximum absolute atomic E-state index is 4.68. The number of allylic oxidation sites excluding steroid dienone is 14. The molecule has 250 valence electrons. The summed E-state index contributed by atoms with van der Waals surface area (Å²) in [7, 11) is 0. The molecule has 2 unspecified atom stereocenters. The second-order valence-corrected chi connectivity index (χ2v) is 14.2. The van der Waals surface area contributed by atoms with Gasteiger partial charge in [-0.1, -0.05) is 108 Å². The van der Waals surface area contributed by atoms with Crippen molar-refractivity contribution < 1.29 is 0 Å². The van der Waals surface area contributed by atoms with Crippen LogP contribution in [0.1, 0.15) is 132 Å². The summed E-state index contributed by atoms with van der Waals surface area (Å²) in [6.07, 6.45) is 14.6. The summed E-state index contributed by atoms with van der Waals surface area (Å²) in [5.41, 5.74) is 17.4. The minimum atomic E-state index is 0.263. The quantitative estimate of drug-likeness (QED) is 0.326. The fourth-order valence-electron chi connectivity index (χ4n) is 7.15. The lowest BCUT2D eigenvalue weighted by Crippen LogP contribution is -2.19. The highest BCUT2D eigenvalue weighted by molar-refractivity contribution is 5.61. The number of nitrogens with one attached hydrogen (secondary N) is 1. The van der Waals surface area contributed by atoms with Crippen molar-refractivity contribution in [3.05, 3.63) is 127 Å². The molecule has 1 aromatic heterocycles. The summed E-state index contributed by atoms with van der Waals surface area (Å²) < 4.78 is 0. The first kappa shape index (κ1) is 38.9. The third-order valence-electron chi connectivity index (χ3n) is 10.4. The van der Waals surface area contributed by atoms with E-state index < -0.39 is 0 Å². The Hall–Kier alpha value is -3.32. The molecule has 2 heterocycles. The predicted molar refractivity (Wildman–Crippen MR) is 208 cm³/mol. The first-order chi connectivity index (χ1) is 21.5. The largest absolute Gasteiger partial charge is 0.355 e. The van der Waals surface area contributed by atoms with E-state index >= 15 is 0 Å². The van der Waals surface area contributed by atoms with Crippen molar-refractivity contribution in [3.63, 3.8) is 0 Å². The number of aromatic amines is 1. The van der Waals surface area contributed by atoms with Crippen LogP contribution in [0.15, 0.2) is 105 Å². The standard InChI is InChI=1S/C45H65N/c1-18-20-21-41-36(14)32(10)25-42-39(17)45(28(5)6)43(46-42)26-33(11)35(13)40(19-2)34(12)24-31(9)29(7)22-23-30(8)37(15)44(27(3)4)38(41)16/h23-26,28,36,41,46H,3,10-11,15,18-22H2,1-2,4-9,12-14,16-17H3/b30-23-,31-29+,34-24+,40-35-,42-25-,43-26-,44-38-. The van der Waals surface area contributed by atoms with Crippen LogP contribution < -0.4 is 10.7 Å². The van der Waals surface area contributed by atoms with E-state index in [-0.39, 0.29) is 5.92 Å². The minimum absolute atomic E-state index is 0.263. The van der Waals surface area contributed by atoms with Crippen molar-refractivity contribution in [1.82, 2.24) is 4.98 Å². The Morgan fingerprint density at radius 2 is 1.54 bits per heavy atom. The van der Waals surface area contributed by atoms with Crippen LogP contribution in [0.2, 0.25) is 0 Å². The highest BCUT2D eigenvalue weighted by Gasteiger charge is 2.24. The Morgan fingerprint density at radius 1 is 0.913 bits per heavy atom. The summed E-state index contributed by atoms with van der Waals surface area (Å²) in [4.78, 5) is 3.80. The molecule has 1 heteroatoms. The third-order valence-corrected chi connectivity index (χ3v) is 10.4. The molecule has 0 amide bonds. The third kappa shape index (κ3) is 9.15. The van der Waals surface area contributed by atoms with Gasteiger partial charge in [-0.3, -0.25) is 0 Å². The van der Waals surface area contributed by atoms with Crippen LogP contribution in [0.4, 0.5) is 0 Å². The molecule has 1 aliphatic rings. The fraction of sp³-hybridized carbons (Fsp3) is 0.467. The van der Waals surface area contributed by atoms with E-state index in [0.29, 0.717) is 11.8 Å². The molecule has 2 bridgehead atoms. The average molecular weight is 620 g/mol. The Balaban J connectivity index is 3.05. The van der Waals surface area contributed by atoms with Crippen molar-refractivity contribution in [2.75, 3.05) is 0 Å². The minimum Gasteiger partial charge on any atom is -0.355 e. The highest BCUT2D eigenvalue weighted by atomic mass is 14.7. The van der Waals surface area contributed by atoms with Gasteiger partial charge >= 0.3 is 0 Å². The molecule has 0 spiro atoms. The molecular formula is C45H65N. The van der Waals surface area contributed by atoms with Gasteiger partial charge in [-0.15, -0.1) is 0 Å². The lowest BCUT2D eigenvalue weighted by molar-refractivity contribution is 0.426. The molecule has 0 saturated heterocycles. The Morgan fingerprint density at radius 3 is 2.09 bits per heavy atom. The lowest BCUT2D eigenvalue weighted by Gasteiger charge is -2.29. The van der Waals surface area contributed by atoms with Crippen LogP contribution in [-0.2, 0) is 0 Å². The zero-order valence-corrected chi connectivity index (χ0v) is 31.9. The van der Waals surface area contributed by atoms with E-state index in [4.69, 9.17) is 0 Å². The number of hydrogen-bond donors (Lipinski definition) is 1. The number of unbranched alkanes of at least 4 members (excludes halogenated alkanes) is 1. The van der Waals surface area contributed by atoms with Crippen molar-refractivity contribution in [1.29, 1.82) is 0 Å². The Labute approximate surface area is 283 Å². The van der Waals surface area contributed by atoms with Gasteiger partial charge in [-0.05, 0) is 160 Å². The first-order valence-corrected chi connectivity index (χ1v) is 17.6. The van der Waals surface area contributed by atoms with E-state index in [1.54, 1.807) is 0 Å². The summed E-state index contributed by atoms with van der Waals surface area (Å²) >= 11 is 0. The molecule has 0 saturated carbocycles. The van der Waals surface area contributed by atoms with Gasteiger partial charge in [-0.2, -0.15) is 0 Å². The van der Waals surface area contributed by atoms with Gasteiger partial charge < -0.3 is 4.98 Å². The molecule has 2 rings (SSSR count).